The van der Waals surface area contributed by atoms with E-state index in [9.17, 15) is 0 Å². The van der Waals surface area contributed by atoms with Gasteiger partial charge in [0.1, 0.15) is 12.1 Å². The molecule has 2 saturated heterocycles. The van der Waals surface area contributed by atoms with Crippen molar-refractivity contribution >= 4 is 5.82 Å². The van der Waals surface area contributed by atoms with Crippen LogP contribution in [0, 0.1) is 5.92 Å². The maximum absolute atomic E-state index is 5.51. The summed E-state index contributed by atoms with van der Waals surface area (Å²) < 4.78 is 5.51. The predicted molar refractivity (Wildman–Crippen MR) is 99.1 cm³/mol. The summed E-state index contributed by atoms with van der Waals surface area (Å²) in [5.74, 6) is 1.99. The summed E-state index contributed by atoms with van der Waals surface area (Å²) >= 11 is 0. The smallest absolute Gasteiger partial charge is 0.135 e. The van der Waals surface area contributed by atoms with Crippen molar-refractivity contribution in [2.24, 2.45) is 5.92 Å². The quantitative estimate of drug-likeness (QED) is 0.885. The van der Waals surface area contributed by atoms with Crippen LogP contribution in [-0.2, 0) is 17.6 Å². The largest absolute Gasteiger partial charge is 0.379 e. The van der Waals surface area contributed by atoms with E-state index in [1.165, 1.54) is 29.9 Å². The van der Waals surface area contributed by atoms with Gasteiger partial charge in [-0.05, 0) is 38.6 Å². The van der Waals surface area contributed by atoms with E-state index in [0.29, 0.717) is 6.04 Å². The van der Waals surface area contributed by atoms with Gasteiger partial charge < -0.3 is 15.0 Å². The van der Waals surface area contributed by atoms with Crippen LogP contribution in [0.1, 0.15) is 31.0 Å². The fraction of sp³-hybridized carbons (Fsp3) is 0.789. The Labute approximate surface area is 151 Å². The molecule has 6 nitrogen and oxygen atoms in total. The molecule has 1 aromatic heterocycles. The number of nitrogens with zero attached hydrogens (tertiary/aromatic N) is 4. The molecule has 25 heavy (non-hydrogen) atoms. The van der Waals surface area contributed by atoms with Crippen LogP contribution in [0.15, 0.2) is 6.33 Å². The molecular formula is C19H31N5O. The SMILES string of the molecule is CC(C1CCN(c2ncnc3c2CCNCC3)CC1)N1CCOCC1. The number of fused-ring (bicyclic) bond motifs is 1. The summed E-state index contributed by atoms with van der Waals surface area (Å²) in [6.45, 7) is 10.7. The summed E-state index contributed by atoms with van der Waals surface area (Å²) in [5.41, 5.74) is 2.63. The van der Waals surface area contributed by atoms with Crippen molar-refractivity contribution in [2.75, 3.05) is 57.4 Å². The van der Waals surface area contributed by atoms with Crippen LogP contribution in [0.3, 0.4) is 0 Å². The number of piperidine rings is 1. The summed E-state index contributed by atoms with van der Waals surface area (Å²) in [4.78, 5) is 14.3. The highest BCUT2D eigenvalue weighted by Gasteiger charge is 2.30. The average molecular weight is 345 g/mol. The molecular weight excluding hydrogens is 314 g/mol. The van der Waals surface area contributed by atoms with Gasteiger partial charge in [0.05, 0.1) is 18.9 Å². The summed E-state index contributed by atoms with van der Waals surface area (Å²) in [7, 11) is 0. The van der Waals surface area contributed by atoms with E-state index in [0.717, 1.165) is 71.2 Å². The standard InChI is InChI=1S/C19H31N5O/c1-15(23-10-12-25-13-11-23)16-4-8-24(9-5-16)19-17-2-6-20-7-3-18(17)21-14-22-19/h14-16,20H,2-13H2,1H3. The van der Waals surface area contributed by atoms with Gasteiger partial charge in [-0.1, -0.05) is 0 Å². The fourth-order valence-electron chi connectivity index (χ4n) is 4.60. The number of aromatic nitrogens is 2. The van der Waals surface area contributed by atoms with Crippen LogP contribution < -0.4 is 10.2 Å². The van der Waals surface area contributed by atoms with Crippen LogP contribution in [0.25, 0.3) is 0 Å². The van der Waals surface area contributed by atoms with Crippen molar-refractivity contribution in [3.05, 3.63) is 17.6 Å². The molecule has 4 rings (SSSR count). The van der Waals surface area contributed by atoms with Crippen LogP contribution in [0.4, 0.5) is 5.82 Å². The number of hydrogen-bond donors (Lipinski definition) is 1. The highest BCUT2D eigenvalue weighted by molar-refractivity contribution is 5.49. The molecule has 3 aliphatic heterocycles. The van der Waals surface area contributed by atoms with E-state index in [4.69, 9.17) is 4.74 Å². The van der Waals surface area contributed by atoms with Gasteiger partial charge in [-0.15, -0.1) is 0 Å². The van der Waals surface area contributed by atoms with Gasteiger partial charge in [0.25, 0.3) is 0 Å². The van der Waals surface area contributed by atoms with E-state index in [2.05, 4.69) is 32.0 Å². The van der Waals surface area contributed by atoms with Gasteiger partial charge in [0.2, 0.25) is 0 Å². The first-order valence-corrected chi connectivity index (χ1v) is 9.93. The molecule has 1 unspecified atom stereocenters. The summed E-state index contributed by atoms with van der Waals surface area (Å²) in [6.07, 6.45) is 6.36. The molecule has 3 aliphatic rings. The molecule has 6 heteroatoms. The Balaban J connectivity index is 1.40. The number of rotatable bonds is 3. The Hall–Kier alpha value is -1.24. The minimum absolute atomic E-state index is 0.665. The van der Waals surface area contributed by atoms with E-state index >= 15 is 0 Å². The zero-order chi connectivity index (χ0) is 17.1. The number of hydrogen-bond acceptors (Lipinski definition) is 6. The second-order valence-corrected chi connectivity index (χ2v) is 7.59. The first-order valence-electron chi connectivity index (χ1n) is 9.93. The third kappa shape index (κ3) is 3.81. The van der Waals surface area contributed by atoms with E-state index in [1.807, 2.05) is 0 Å². The summed E-state index contributed by atoms with van der Waals surface area (Å²) in [5, 5.41) is 3.48. The lowest BCUT2D eigenvalue weighted by atomic mass is 9.89. The number of morpholine rings is 1. The van der Waals surface area contributed by atoms with Crippen LogP contribution in [0.2, 0.25) is 0 Å². The average Bonchev–Trinajstić information content (AvgIpc) is 2.94. The maximum atomic E-state index is 5.51. The highest BCUT2D eigenvalue weighted by atomic mass is 16.5. The van der Waals surface area contributed by atoms with Gasteiger partial charge in [0, 0.05) is 50.7 Å². The zero-order valence-electron chi connectivity index (χ0n) is 15.4. The second-order valence-electron chi connectivity index (χ2n) is 7.59. The van der Waals surface area contributed by atoms with Gasteiger partial charge in [-0.25, -0.2) is 9.97 Å². The fourth-order valence-corrected chi connectivity index (χ4v) is 4.60. The lowest BCUT2D eigenvalue weighted by molar-refractivity contribution is 0.00447. The van der Waals surface area contributed by atoms with Crippen molar-refractivity contribution in [2.45, 2.75) is 38.6 Å². The summed E-state index contributed by atoms with van der Waals surface area (Å²) in [6, 6.07) is 0.665. The van der Waals surface area contributed by atoms with Gasteiger partial charge >= 0.3 is 0 Å². The predicted octanol–water partition coefficient (Wildman–Crippen LogP) is 1.10. The first-order chi connectivity index (χ1) is 12.3. The van der Waals surface area contributed by atoms with Crippen molar-refractivity contribution in [1.82, 2.24) is 20.2 Å². The highest BCUT2D eigenvalue weighted by Crippen LogP contribution is 2.29. The molecule has 0 aromatic carbocycles. The molecule has 0 amide bonds. The molecule has 138 valence electrons. The van der Waals surface area contributed by atoms with Gasteiger partial charge in [-0.3, -0.25) is 4.90 Å². The molecule has 0 bridgehead atoms. The molecule has 1 atom stereocenters. The molecule has 4 heterocycles. The minimum Gasteiger partial charge on any atom is -0.379 e. The van der Waals surface area contributed by atoms with E-state index in [-0.39, 0.29) is 0 Å². The van der Waals surface area contributed by atoms with E-state index < -0.39 is 0 Å². The molecule has 0 radical (unpaired) electrons. The van der Waals surface area contributed by atoms with Crippen LogP contribution in [0.5, 0.6) is 0 Å². The number of anilines is 1. The van der Waals surface area contributed by atoms with Crippen molar-refractivity contribution in [3.8, 4) is 0 Å². The molecule has 1 N–H and O–H groups in total. The van der Waals surface area contributed by atoms with E-state index in [1.54, 1.807) is 6.33 Å². The number of nitrogens with one attached hydrogen (secondary N) is 1. The normalized spacial score (nSPS) is 24.6. The Bertz CT molecular complexity index is 567. The Morgan fingerprint density at radius 1 is 1.08 bits per heavy atom. The number of ether oxygens (including phenoxy) is 1. The Morgan fingerprint density at radius 2 is 1.84 bits per heavy atom. The third-order valence-corrected chi connectivity index (χ3v) is 6.25. The second kappa shape index (κ2) is 7.98. The van der Waals surface area contributed by atoms with Gasteiger partial charge in [-0.2, -0.15) is 0 Å². The van der Waals surface area contributed by atoms with Gasteiger partial charge in [0.15, 0.2) is 0 Å². The lowest BCUT2D eigenvalue weighted by Gasteiger charge is -2.41. The first kappa shape index (κ1) is 17.2. The lowest BCUT2D eigenvalue weighted by Crippen LogP contribution is -2.48. The minimum atomic E-state index is 0.665. The Morgan fingerprint density at radius 3 is 2.64 bits per heavy atom. The maximum Gasteiger partial charge on any atom is 0.135 e. The van der Waals surface area contributed by atoms with Crippen molar-refractivity contribution in [3.63, 3.8) is 0 Å². The monoisotopic (exact) mass is 345 g/mol. The zero-order valence-corrected chi connectivity index (χ0v) is 15.4. The third-order valence-electron chi connectivity index (χ3n) is 6.25. The molecule has 2 fully saturated rings. The Kier molecular flexibility index (Phi) is 5.48. The molecule has 1 aromatic rings. The molecule has 0 saturated carbocycles. The topological polar surface area (TPSA) is 53.5 Å². The molecule has 0 spiro atoms. The van der Waals surface area contributed by atoms with Crippen LogP contribution in [-0.4, -0.2) is 73.4 Å². The van der Waals surface area contributed by atoms with Crippen molar-refractivity contribution in [1.29, 1.82) is 0 Å². The van der Waals surface area contributed by atoms with Crippen LogP contribution >= 0.6 is 0 Å². The molecule has 0 aliphatic carbocycles. The van der Waals surface area contributed by atoms with Crippen molar-refractivity contribution < 1.29 is 4.74 Å².